The maximum Gasteiger partial charge on any atom is 0.355 e. The Kier molecular flexibility index (Phi) is 8.37. The fourth-order valence-corrected chi connectivity index (χ4v) is 2.30. The molecule has 0 radical (unpaired) electrons. The number of methoxy groups -OCH3 is 1. The Bertz CT molecular complexity index is 867. The highest BCUT2D eigenvalue weighted by atomic mass is 19.1. The fraction of sp³-hybridized carbons (Fsp3) is 0.190. The molecule has 7 nitrogen and oxygen atoms in total. The van der Waals surface area contributed by atoms with Crippen molar-refractivity contribution >= 4 is 17.6 Å². The van der Waals surface area contributed by atoms with Gasteiger partial charge in [0.15, 0.2) is 0 Å². The number of esters is 2. The molecule has 1 unspecified atom stereocenters. The normalized spacial score (nSPS) is 12.3. The maximum atomic E-state index is 13.0. The second-order valence-corrected chi connectivity index (χ2v) is 5.69. The molecular weight excluding hydrogens is 377 g/mol. The average Bonchev–Trinajstić information content (AvgIpc) is 2.74. The van der Waals surface area contributed by atoms with E-state index in [-0.39, 0.29) is 18.1 Å². The highest BCUT2D eigenvalue weighted by Gasteiger charge is 2.20. The zero-order valence-corrected chi connectivity index (χ0v) is 16.1. The monoisotopic (exact) mass is 399 g/mol. The minimum Gasteiger partial charge on any atom is -0.465 e. The van der Waals surface area contributed by atoms with Crippen molar-refractivity contribution in [1.29, 1.82) is 0 Å². The number of pyridine rings is 1. The standard InChI is InChI=1S/C21H22FN3O4/c1-3-29-20(26)17(18-6-4-5-12-23-18)11-13-24-19(21(27)28-2)14-25-16-9-7-15(22)8-10-16/h4-14,17,24-25H,3H2,1-2H3/b13-11+,19-14-. The van der Waals surface area contributed by atoms with Crippen LogP contribution in [0.15, 0.2) is 72.8 Å². The molecule has 1 heterocycles. The third-order valence-electron chi connectivity index (χ3n) is 3.71. The lowest BCUT2D eigenvalue weighted by Gasteiger charge is -2.12. The molecule has 8 heteroatoms. The van der Waals surface area contributed by atoms with Crippen molar-refractivity contribution in [3.63, 3.8) is 0 Å². The zero-order valence-electron chi connectivity index (χ0n) is 16.1. The summed E-state index contributed by atoms with van der Waals surface area (Å²) >= 11 is 0. The molecule has 0 aliphatic rings. The molecular formula is C21H22FN3O4. The number of nitrogens with zero attached hydrogens (tertiary/aromatic N) is 1. The van der Waals surface area contributed by atoms with E-state index in [0.29, 0.717) is 11.4 Å². The van der Waals surface area contributed by atoms with E-state index in [1.54, 1.807) is 31.3 Å². The van der Waals surface area contributed by atoms with Gasteiger partial charge in [-0.05, 0) is 55.6 Å². The van der Waals surface area contributed by atoms with Gasteiger partial charge in [-0.3, -0.25) is 9.78 Å². The molecule has 0 amide bonds. The van der Waals surface area contributed by atoms with Crippen molar-refractivity contribution in [2.75, 3.05) is 19.0 Å². The van der Waals surface area contributed by atoms with Gasteiger partial charge in [0.05, 0.1) is 19.4 Å². The quantitative estimate of drug-likeness (QED) is 0.495. The van der Waals surface area contributed by atoms with Crippen LogP contribution in [0.25, 0.3) is 0 Å². The molecule has 2 aromatic rings. The highest BCUT2D eigenvalue weighted by molar-refractivity contribution is 5.88. The minimum atomic E-state index is -0.743. The Balaban J connectivity index is 2.15. The van der Waals surface area contributed by atoms with Crippen LogP contribution in [-0.2, 0) is 19.1 Å². The molecule has 29 heavy (non-hydrogen) atoms. The number of ether oxygens (including phenoxy) is 2. The molecule has 152 valence electrons. The highest BCUT2D eigenvalue weighted by Crippen LogP contribution is 2.16. The summed E-state index contributed by atoms with van der Waals surface area (Å²) in [7, 11) is 1.24. The van der Waals surface area contributed by atoms with E-state index in [9.17, 15) is 14.0 Å². The summed E-state index contributed by atoms with van der Waals surface area (Å²) in [4.78, 5) is 28.4. The largest absolute Gasteiger partial charge is 0.465 e. The fourth-order valence-electron chi connectivity index (χ4n) is 2.30. The lowest BCUT2D eigenvalue weighted by Crippen LogP contribution is -2.20. The van der Waals surface area contributed by atoms with Gasteiger partial charge in [0.2, 0.25) is 0 Å². The van der Waals surface area contributed by atoms with E-state index in [1.165, 1.54) is 49.9 Å². The third kappa shape index (κ3) is 6.76. The van der Waals surface area contributed by atoms with Crippen LogP contribution in [0.5, 0.6) is 0 Å². The summed E-state index contributed by atoms with van der Waals surface area (Å²) in [5.41, 5.74) is 1.17. The number of rotatable bonds is 9. The minimum absolute atomic E-state index is 0.0803. The van der Waals surface area contributed by atoms with Gasteiger partial charge >= 0.3 is 11.9 Å². The lowest BCUT2D eigenvalue weighted by molar-refractivity contribution is -0.143. The second kappa shape index (κ2) is 11.2. The molecule has 2 N–H and O–H groups in total. The Hall–Kier alpha value is -3.68. The predicted molar refractivity (Wildman–Crippen MR) is 106 cm³/mol. The first-order chi connectivity index (χ1) is 14.0. The van der Waals surface area contributed by atoms with Crippen LogP contribution in [-0.4, -0.2) is 30.6 Å². The van der Waals surface area contributed by atoms with Crippen molar-refractivity contribution in [2.45, 2.75) is 12.8 Å². The smallest absolute Gasteiger partial charge is 0.355 e. The van der Waals surface area contributed by atoms with Gasteiger partial charge in [0.1, 0.15) is 17.4 Å². The summed E-state index contributed by atoms with van der Waals surface area (Å²) in [6.45, 7) is 1.95. The van der Waals surface area contributed by atoms with Crippen LogP contribution in [0.4, 0.5) is 10.1 Å². The van der Waals surface area contributed by atoms with E-state index < -0.39 is 17.9 Å². The summed E-state index contributed by atoms with van der Waals surface area (Å²) in [5.74, 6) is -2.20. The van der Waals surface area contributed by atoms with Crippen LogP contribution in [0.1, 0.15) is 18.5 Å². The van der Waals surface area contributed by atoms with Crippen molar-refractivity contribution in [1.82, 2.24) is 10.3 Å². The van der Waals surface area contributed by atoms with Crippen LogP contribution < -0.4 is 10.6 Å². The summed E-state index contributed by atoms with van der Waals surface area (Å²) in [6.07, 6.45) is 5.93. The van der Waals surface area contributed by atoms with Gasteiger partial charge in [-0.25, -0.2) is 9.18 Å². The summed E-state index contributed by atoms with van der Waals surface area (Å²) in [5, 5.41) is 5.65. The van der Waals surface area contributed by atoms with Gasteiger partial charge < -0.3 is 20.1 Å². The van der Waals surface area contributed by atoms with Gasteiger partial charge in [-0.2, -0.15) is 0 Å². The molecule has 1 atom stereocenters. The number of hydrogen-bond donors (Lipinski definition) is 2. The Morgan fingerprint density at radius 1 is 1.21 bits per heavy atom. The van der Waals surface area contributed by atoms with Crippen molar-refractivity contribution < 1.29 is 23.5 Å². The molecule has 2 rings (SSSR count). The van der Waals surface area contributed by atoms with E-state index in [4.69, 9.17) is 9.47 Å². The molecule has 1 aromatic carbocycles. The molecule has 0 fully saturated rings. The summed E-state index contributed by atoms with van der Waals surface area (Å²) < 4.78 is 22.8. The molecule has 0 saturated heterocycles. The number of halogens is 1. The molecule has 0 aliphatic heterocycles. The number of carbonyl (C=O) groups is 2. The van der Waals surface area contributed by atoms with Gasteiger partial charge in [-0.1, -0.05) is 6.07 Å². The Morgan fingerprint density at radius 2 is 1.97 bits per heavy atom. The zero-order chi connectivity index (χ0) is 21.1. The van der Waals surface area contributed by atoms with E-state index in [0.717, 1.165) is 0 Å². The van der Waals surface area contributed by atoms with E-state index in [1.807, 2.05) is 0 Å². The van der Waals surface area contributed by atoms with Crippen LogP contribution in [0, 0.1) is 5.82 Å². The number of anilines is 1. The first-order valence-corrected chi connectivity index (χ1v) is 8.86. The van der Waals surface area contributed by atoms with Crippen LogP contribution >= 0.6 is 0 Å². The van der Waals surface area contributed by atoms with Gasteiger partial charge in [0.25, 0.3) is 0 Å². The van der Waals surface area contributed by atoms with E-state index in [2.05, 4.69) is 15.6 Å². The number of aromatic nitrogens is 1. The number of nitrogens with one attached hydrogen (secondary N) is 2. The molecule has 0 spiro atoms. The molecule has 0 aliphatic carbocycles. The van der Waals surface area contributed by atoms with Crippen LogP contribution in [0.3, 0.4) is 0 Å². The Labute approximate surface area is 168 Å². The SMILES string of the molecule is CCOC(=O)C(/C=C/N/C(=C\Nc1ccc(F)cc1)C(=O)OC)c1ccccn1. The topological polar surface area (TPSA) is 89.6 Å². The number of hydrogen-bond acceptors (Lipinski definition) is 7. The van der Waals surface area contributed by atoms with Crippen molar-refractivity contribution in [2.24, 2.45) is 0 Å². The first-order valence-electron chi connectivity index (χ1n) is 8.86. The first kappa shape index (κ1) is 21.6. The van der Waals surface area contributed by atoms with Crippen molar-refractivity contribution in [3.8, 4) is 0 Å². The second-order valence-electron chi connectivity index (χ2n) is 5.69. The average molecular weight is 399 g/mol. The van der Waals surface area contributed by atoms with E-state index >= 15 is 0 Å². The van der Waals surface area contributed by atoms with Crippen molar-refractivity contribution in [3.05, 3.63) is 84.3 Å². The Morgan fingerprint density at radius 3 is 2.59 bits per heavy atom. The molecule has 0 saturated carbocycles. The lowest BCUT2D eigenvalue weighted by atomic mass is 10.1. The van der Waals surface area contributed by atoms with Gasteiger partial charge in [-0.15, -0.1) is 0 Å². The van der Waals surface area contributed by atoms with Crippen LogP contribution in [0.2, 0.25) is 0 Å². The third-order valence-corrected chi connectivity index (χ3v) is 3.71. The number of carbonyl (C=O) groups excluding carboxylic acids is 2. The molecule has 1 aromatic heterocycles. The van der Waals surface area contributed by atoms with Gasteiger partial charge in [0, 0.05) is 18.1 Å². The maximum absolute atomic E-state index is 13.0. The number of benzene rings is 1. The summed E-state index contributed by atoms with van der Waals surface area (Å²) in [6, 6.07) is 10.8. The molecule has 0 bridgehead atoms. The predicted octanol–water partition coefficient (Wildman–Crippen LogP) is 3.10.